The molecule has 0 saturated carbocycles. The number of aryl methyl sites for hydroxylation is 1. The van der Waals surface area contributed by atoms with E-state index >= 15 is 0 Å². The van der Waals surface area contributed by atoms with Gasteiger partial charge in [-0.25, -0.2) is 13.1 Å². The van der Waals surface area contributed by atoms with E-state index in [1.807, 2.05) is 19.1 Å². The number of unbranched alkanes of at least 4 members (excludes halogenated alkanes) is 13. The van der Waals surface area contributed by atoms with Gasteiger partial charge >= 0.3 is 0 Å². The van der Waals surface area contributed by atoms with Crippen molar-refractivity contribution in [3.8, 4) is 0 Å². The van der Waals surface area contributed by atoms with E-state index in [-0.39, 0.29) is 6.04 Å². The van der Waals surface area contributed by atoms with E-state index in [2.05, 4.69) is 34.2 Å². The maximum absolute atomic E-state index is 12.5. The Morgan fingerprint density at radius 3 is 1.63 bits per heavy atom. The van der Waals surface area contributed by atoms with E-state index in [1.54, 1.807) is 12.1 Å². The van der Waals surface area contributed by atoms with Crippen LogP contribution in [-0.4, -0.2) is 18.9 Å². The number of halogens is 1. The fourth-order valence-corrected chi connectivity index (χ4v) is 5.99. The molecule has 1 atom stereocenters. The Morgan fingerprint density at radius 2 is 1.20 bits per heavy atom. The lowest BCUT2D eigenvalue weighted by Crippen LogP contribution is -2.36. The summed E-state index contributed by atoms with van der Waals surface area (Å²) in [6.07, 6.45) is 19.8. The van der Waals surface area contributed by atoms with Crippen LogP contribution in [0, 0.1) is 6.92 Å². The first-order chi connectivity index (χ1) is 14.5. The average Bonchev–Trinajstić information content (AvgIpc) is 2.73. The SMILES string of the molecule is CCCCCCCCCCCCCCCC[C@H](CI)NS(=O)(=O)c1ccc(C)cc1. The van der Waals surface area contributed by atoms with E-state index in [9.17, 15) is 8.42 Å². The van der Waals surface area contributed by atoms with Crippen molar-refractivity contribution in [3.05, 3.63) is 29.8 Å². The molecular formula is C25H44INO2S. The van der Waals surface area contributed by atoms with Gasteiger partial charge in [-0.3, -0.25) is 0 Å². The summed E-state index contributed by atoms with van der Waals surface area (Å²) in [5.74, 6) is 0. The van der Waals surface area contributed by atoms with Gasteiger partial charge in [0.15, 0.2) is 0 Å². The first kappa shape index (κ1) is 27.9. The maximum Gasteiger partial charge on any atom is 0.240 e. The largest absolute Gasteiger partial charge is 0.240 e. The molecule has 0 spiro atoms. The van der Waals surface area contributed by atoms with Crippen LogP contribution in [0.2, 0.25) is 0 Å². The van der Waals surface area contributed by atoms with E-state index in [0.29, 0.717) is 4.90 Å². The molecule has 0 saturated heterocycles. The second-order valence-electron chi connectivity index (χ2n) is 8.67. The summed E-state index contributed by atoms with van der Waals surface area (Å²) in [4.78, 5) is 0.365. The topological polar surface area (TPSA) is 46.2 Å². The van der Waals surface area contributed by atoms with E-state index in [1.165, 1.54) is 83.5 Å². The number of benzene rings is 1. The summed E-state index contributed by atoms with van der Waals surface area (Å²) in [7, 11) is -3.41. The molecule has 0 radical (unpaired) electrons. The summed E-state index contributed by atoms with van der Waals surface area (Å²) in [6.45, 7) is 4.24. The van der Waals surface area contributed by atoms with Gasteiger partial charge in [0.25, 0.3) is 0 Å². The predicted octanol–water partition coefficient (Wildman–Crippen LogP) is 7.95. The van der Waals surface area contributed by atoms with E-state index < -0.39 is 10.0 Å². The third kappa shape index (κ3) is 13.3. The minimum absolute atomic E-state index is 0.0224. The normalized spacial score (nSPS) is 12.9. The second-order valence-corrected chi connectivity index (χ2v) is 11.3. The van der Waals surface area contributed by atoms with E-state index in [0.717, 1.165) is 22.8 Å². The summed E-state index contributed by atoms with van der Waals surface area (Å²) < 4.78 is 28.8. The molecule has 3 nitrogen and oxygen atoms in total. The molecule has 0 amide bonds. The molecule has 0 bridgehead atoms. The quantitative estimate of drug-likeness (QED) is 0.108. The number of hydrogen-bond acceptors (Lipinski definition) is 2. The third-order valence-corrected chi connectivity index (χ3v) is 8.35. The Kier molecular flexibility index (Phi) is 16.2. The fraction of sp³-hybridized carbons (Fsp3) is 0.760. The molecule has 1 aromatic rings. The predicted molar refractivity (Wildman–Crippen MR) is 139 cm³/mol. The summed E-state index contributed by atoms with van der Waals surface area (Å²) in [5.41, 5.74) is 1.07. The Morgan fingerprint density at radius 1 is 0.767 bits per heavy atom. The molecule has 1 rings (SSSR count). The third-order valence-electron chi connectivity index (χ3n) is 5.75. The summed E-state index contributed by atoms with van der Waals surface area (Å²) in [6, 6.07) is 7.10. The lowest BCUT2D eigenvalue weighted by atomic mass is 10.0. The Labute approximate surface area is 200 Å². The zero-order valence-electron chi connectivity index (χ0n) is 19.3. The summed E-state index contributed by atoms with van der Waals surface area (Å²) >= 11 is 2.29. The lowest BCUT2D eigenvalue weighted by molar-refractivity contribution is 0.510. The molecule has 1 aromatic carbocycles. The molecule has 30 heavy (non-hydrogen) atoms. The van der Waals surface area contributed by atoms with Crippen LogP contribution < -0.4 is 4.72 Å². The molecule has 1 N–H and O–H groups in total. The molecule has 0 unspecified atom stereocenters. The molecule has 0 aliphatic carbocycles. The Bertz CT molecular complexity index is 631. The Hall–Kier alpha value is -0.140. The van der Waals surface area contributed by atoms with Crippen molar-refractivity contribution in [2.75, 3.05) is 4.43 Å². The van der Waals surface area contributed by atoms with Gasteiger partial charge in [0.2, 0.25) is 10.0 Å². The van der Waals surface area contributed by atoms with Crippen molar-refractivity contribution in [3.63, 3.8) is 0 Å². The van der Waals surface area contributed by atoms with Gasteiger partial charge in [-0.15, -0.1) is 0 Å². The van der Waals surface area contributed by atoms with Gasteiger partial charge in [0, 0.05) is 10.5 Å². The first-order valence-electron chi connectivity index (χ1n) is 12.1. The molecule has 0 heterocycles. The van der Waals surface area contributed by atoms with Gasteiger partial charge in [-0.1, -0.05) is 137 Å². The van der Waals surface area contributed by atoms with Crippen molar-refractivity contribution >= 4 is 32.6 Å². The lowest BCUT2D eigenvalue weighted by Gasteiger charge is -2.16. The van der Waals surface area contributed by atoms with E-state index in [4.69, 9.17) is 0 Å². The molecule has 0 fully saturated rings. The highest BCUT2D eigenvalue weighted by Crippen LogP contribution is 2.16. The van der Waals surface area contributed by atoms with Gasteiger partial charge in [-0.2, -0.15) is 0 Å². The van der Waals surface area contributed by atoms with Crippen molar-refractivity contribution < 1.29 is 8.42 Å². The first-order valence-corrected chi connectivity index (χ1v) is 15.2. The van der Waals surface area contributed by atoms with Crippen LogP contribution in [0.4, 0.5) is 0 Å². The second kappa shape index (κ2) is 17.4. The molecule has 174 valence electrons. The average molecular weight is 550 g/mol. The number of sulfonamides is 1. The van der Waals surface area contributed by atoms with Crippen molar-refractivity contribution in [1.82, 2.24) is 4.72 Å². The van der Waals surface area contributed by atoms with Crippen LogP contribution in [0.25, 0.3) is 0 Å². The molecular weight excluding hydrogens is 505 g/mol. The zero-order chi connectivity index (χ0) is 22.1. The standard InChI is InChI=1S/C25H44INO2S/c1-3-4-5-6-7-8-9-10-11-12-13-14-15-16-17-24(22-26)27-30(28,29)25-20-18-23(2)19-21-25/h18-21,24,27H,3-17,22H2,1-2H3/t24-/m1/s1. The number of alkyl halides is 1. The van der Waals surface area contributed by atoms with Crippen molar-refractivity contribution in [2.45, 2.75) is 121 Å². The smallest absolute Gasteiger partial charge is 0.207 e. The van der Waals surface area contributed by atoms with Gasteiger partial charge in [-0.05, 0) is 25.5 Å². The van der Waals surface area contributed by atoms with Crippen LogP contribution in [0.5, 0.6) is 0 Å². The molecule has 0 aliphatic rings. The number of nitrogens with one attached hydrogen (secondary N) is 1. The molecule has 0 aliphatic heterocycles. The van der Waals surface area contributed by atoms with Crippen LogP contribution >= 0.6 is 22.6 Å². The minimum atomic E-state index is -3.41. The number of rotatable bonds is 19. The highest BCUT2D eigenvalue weighted by Gasteiger charge is 2.18. The van der Waals surface area contributed by atoms with Gasteiger partial charge < -0.3 is 0 Å². The van der Waals surface area contributed by atoms with Crippen LogP contribution in [-0.2, 0) is 10.0 Å². The minimum Gasteiger partial charge on any atom is -0.207 e. The zero-order valence-corrected chi connectivity index (χ0v) is 22.3. The van der Waals surface area contributed by atoms with Crippen LogP contribution in [0.1, 0.15) is 109 Å². The fourth-order valence-electron chi connectivity index (χ4n) is 3.76. The number of hydrogen-bond donors (Lipinski definition) is 1. The van der Waals surface area contributed by atoms with Crippen molar-refractivity contribution in [2.24, 2.45) is 0 Å². The van der Waals surface area contributed by atoms with Gasteiger partial charge in [0.05, 0.1) is 4.90 Å². The maximum atomic E-state index is 12.5. The van der Waals surface area contributed by atoms with Crippen LogP contribution in [0.15, 0.2) is 29.2 Å². The van der Waals surface area contributed by atoms with Crippen molar-refractivity contribution in [1.29, 1.82) is 0 Å². The monoisotopic (exact) mass is 549 g/mol. The van der Waals surface area contributed by atoms with Crippen LogP contribution in [0.3, 0.4) is 0 Å². The highest BCUT2D eigenvalue weighted by atomic mass is 127. The molecule has 5 heteroatoms. The Balaban J connectivity index is 2.05. The summed E-state index contributed by atoms with van der Waals surface area (Å²) in [5, 5.41) is 0. The highest BCUT2D eigenvalue weighted by molar-refractivity contribution is 14.1. The van der Waals surface area contributed by atoms with Gasteiger partial charge in [0.1, 0.15) is 0 Å². The molecule has 0 aromatic heterocycles.